The van der Waals surface area contributed by atoms with E-state index in [4.69, 9.17) is 0 Å². The van der Waals surface area contributed by atoms with Crippen molar-refractivity contribution in [2.24, 2.45) is 11.8 Å². The number of likely N-dealkylation sites (tertiary alicyclic amines) is 1. The van der Waals surface area contributed by atoms with Gasteiger partial charge in [0.25, 0.3) is 0 Å². The van der Waals surface area contributed by atoms with E-state index in [9.17, 15) is 9.59 Å². The molecule has 0 aromatic heterocycles. The summed E-state index contributed by atoms with van der Waals surface area (Å²) >= 11 is 0. The van der Waals surface area contributed by atoms with Gasteiger partial charge in [-0.1, -0.05) is 27.2 Å². The molecule has 4 nitrogen and oxygen atoms in total. The van der Waals surface area contributed by atoms with Crippen LogP contribution >= 0.6 is 0 Å². The molecule has 2 unspecified atom stereocenters. The maximum Gasteiger partial charge on any atom is 0.225 e. The number of rotatable bonds is 3. The van der Waals surface area contributed by atoms with E-state index in [2.05, 4.69) is 12.2 Å². The van der Waals surface area contributed by atoms with Gasteiger partial charge in [0, 0.05) is 32.0 Å². The van der Waals surface area contributed by atoms with Gasteiger partial charge in [0.1, 0.15) is 0 Å². The third-order valence-electron chi connectivity index (χ3n) is 3.33. The van der Waals surface area contributed by atoms with Crippen LogP contribution in [0.1, 0.15) is 40.5 Å². The van der Waals surface area contributed by atoms with Gasteiger partial charge in [-0.15, -0.1) is 0 Å². The number of piperidine rings is 1. The predicted octanol–water partition coefficient (Wildman–Crippen LogP) is 1.41. The van der Waals surface area contributed by atoms with Crippen molar-refractivity contribution < 1.29 is 9.59 Å². The molecule has 17 heavy (non-hydrogen) atoms. The first-order valence-corrected chi connectivity index (χ1v) is 6.49. The fourth-order valence-electron chi connectivity index (χ4n) is 2.44. The Labute approximate surface area is 104 Å². The summed E-state index contributed by atoms with van der Waals surface area (Å²) in [6, 6.07) is 0.119. The summed E-state index contributed by atoms with van der Waals surface area (Å²) in [5.41, 5.74) is 0. The van der Waals surface area contributed by atoms with Gasteiger partial charge >= 0.3 is 0 Å². The summed E-state index contributed by atoms with van der Waals surface area (Å²) < 4.78 is 0. The third-order valence-corrected chi connectivity index (χ3v) is 3.33. The highest BCUT2D eigenvalue weighted by atomic mass is 16.2. The number of nitrogens with one attached hydrogen (secondary N) is 1. The van der Waals surface area contributed by atoms with Gasteiger partial charge in [0.05, 0.1) is 0 Å². The average Bonchev–Trinajstić information content (AvgIpc) is 2.26. The summed E-state index contributed by atoms with van der Waals surface area (Å²) in [7, 11) is 0. The first kappa shape index (κ1) is 14.0. The molecule has 1 saturated heterocycles. The van der Waals surface area contributed by atoms with Crippen LogP contribution in [0.5, 0.6) is 0 Å². The van der Waals surface area contributed by atoms with Gasteiger partial charge in [0.15, 0.2) is 0 Å². The minimum absolute atomic E-state index is 0.0105. The maximum atomic E-state index is 12.0. The molecule has 0 saturated carbocycles. The molecule has 1 aliphatic rings. The van der Waals surface area contributed by atoms with Gasteiger partial charge in [0.2, 0.25) is 11.8 Å². The highest BCUT2D eigenvalue weighted by Crippen LogP contribution is 2.21. The summed E-state index contributed by atoms with van der Waals surface area (Å²) in [5, 5.41) is 2.94. The summed E-state index contributed by atoms with van der Waals surface area (Å²) in [6.07, 6.45) is 2.04. The molecule has 0 radical (unpaired) electrons. The van der Waals surface area contributed by atoms with Crippen molar-refractivity contribution >= 4 is 11.8 Å². The lowest BCUT2D eigenvalue weighted by molar-refractivity contribution is -0.137. The number of carbonyl (C=O) groups excluding carboxylic acids is 2. The molecule has 0 aromatic carbocycles. The largest absolute Gasteiger partial charge is 0.352 e. The van der Waals surface area contributed by atoms with Crippen molar-refractivity contribution in [2.75, 3.05) is 13.1 Å². The Bertz CT molecular complexity index is 289. The molecular weight excluding hydrogens is 216 g/mol. The monoisotopic (exact) mass is 240 g/mol. The van der Waals surface area contributed by atoms with Gasteiger partial charge in [-0.3, -0.25) is 9.59 Å². The van der Waals surface area contributed by atoms with E-state index in [-0.39, 0.29) is 23.8 Å². The minimum atomic E-state index is -0.0105. The molecule has 0 aromatic rings. The molecular formula is C13H24N2O2. The van der Waals surface area contributed by atoms with Crippen LogP contribution < -0.4 is 5.32 Å². The first-order valence-electron chi connectivity index (χ1n) is 6.49. The van der Waals surface area contributed by atoms with Crippen LogP contribution in [0.2, 0.25) is 0 Å². The fraction of sp³-hybridized carbons (Fsp3) is 0.846. The third kappa shape index (κ3) is 4.02. The van der Waals surface area contributed by atoms with E-state index >= 15 is 0 Å². The van der Waals surface area contributed by atoms with Gasteiger partial charge < -0.3 is 10.2 Å². The lowest BCUT2D eigenvalue weighted by Crippen LogP contribution is -2.53. The molecule has 0 bridgehead atoms. The normalized spacial score (nSPS) is 24.9. The van der Waals surface area contributed by atoms with Crippen LogP contribution in [-0.4, -0.2) is 35.8 Å². The van der Waals surface area contributed by atoms with Crippen LogP contribution in [0.25, 0.3) is 0 Å². The van der Waals surface area contributed by atoms with Crippen molar-refractivity contribution in [3.63, 3.8) is 0 Å². The number of hydrogen-bond donors (Lipinski definition) is 1. The zero-order chi connectivity index (χ0) is 13.0. The highest BCUT2D eigenvalue weighted by Gasteiger charge is 2.30. The second kappa shape index (κ2) is 6.03. The van der Waals surface area contributed by atoms with E-state index in [1.165, 1.54) is 6.92 Å². The number of hydrogen-bond acceptors (Lipinski definition) is 2. The predicted molar refractivity (Wildman–Crippen MR) is 67.4 cm³/mol. The zero-order valence-electron chi connectivity index (χ0n) is 11.3. The molecule has 4 heteroatoms. The van der Waals surface area contributed by atoms with Crippen molar-refractivity contribution in [2.45, 2.75) is 46.6 Å². The Morgan fingerprint density at radius 2 is 2.00 bits per heavy atom. The zero-order valence-corrected chi connectivity index (χ0v) is 11.3. The number of amides is 2. The minimum Gasteiger partial charge on any atom is -0.352 e. The number of carbonyl (C=O) groups is 2. The van der Waals surface area contributed by atoms with Crippen molar-refractivity contribution in [3.05, 3.63) is 0 Å². The van der Waals surface area contributed by atoms with Crippen molar-refractivity contribution in [1.82, 2.24) is 10.2 Å². The van der Waals surface area contributed by atoms with Crippen molar-refractivity contribution in [3.8, 4) is 0 Å². The fourth-order valence-corrected chi connectivity index (χ4v) is 2.44. The molecule has 1 rings (SSSR count). The van der Waals surface area contributed by atoms with Gasteiger partial charge in [-0.25, -0.2) is 0 Å². The molecule has 1 aliphatic heterocycles. The topological polar surface area (TPSA) is 49.4 Å². The lowest BCUT2D eigenvalue weighted by Gasteiger charge is -2.38. The smallest absolute Gasteiger partial charge is 0.225 e. The maximum absolute atomic E-state index is 12.0. The average molecular weight is 240 g/mol. The van der Waals surface area contributed by atoms with Crippen LogP contribution in [0.4, 0.5) is 0 Å². The molecule has 2 amide bonds. The first-order chi connectivity index (χ1) is 7.93. The summed E-state index contributed by atoms with van der Waals surface area (Å²) in [5.74, 6) is 0.717. The lowest BCUT2D eigenvalue weighted by atomic mass is 9.91. The molecule has 1 N–H and O–H groups in total. The Morgan fingerprint density at radius 3 is 2.47 bits per heavy atom. The molecule has 1 fully saturated rings. The number of nitrogens with zero attached hydrogens (tertiary/aromatic N) is 1. The summed E-state index contributed by atoms with van der Waals surface area (Å²) in [6.45, 7) is 9.01. The molecule has 0 aliphatic carbocycles. The van der Waals surface area contributed by atoms with E-state index in [0.717, 1.165) is 19.4 Å². The van der Waals surface area contributed by atoms with Crippen LogP contribution in [0.15, 0.2) is 0 Å². The van der Waals surface area contributed by atoms with Crippen LogP contribution in [0, 0.1) is 11.8 Å². The van der Waals surface area contributed by atoms with E-state index < -0.39 is 0 Å². The molecule has 98 valence electrons. The van der Waals surface area contributed by atoms with Gasteiger partial charge in [-0.2, -0.15) is 0 Å². The molecule has 0 spiro atoms. The van der Waals surface area contributed by atoms with Gasteiger partial charge in [-0.05, 0) is 12.3 Å². The Hall–Kier alpha value is -1.06. The van der Waals surface area contributed by atoms with Crippen LogP contribution in [-0.2, 0) is 9.59 Å². The Kier molecular flexibility index (Phi) is 4.97. The van der Waals surface area contributed by atoms with Crippen molar-refractivity contribution in [1.29, 1.82) is 0 Å². The highest BCUT2D eigenvalue weighted by molar-refractivity contribution is 5.78. The standard InChI is InChI=1S/C13H24N2O2/c1-5-11-6-12(14-10(4)16)8-15(7-11)13(17)9(2)3/h9,11-12H,5-8H2,1-4H3,(H,14,16). The molecule has 1 heterocycles. The molecule has 2 atom stereocenters. The Balaban J connectivity index is 2.66. The Morgan fingerprint density at radius 1 is 1.35 bits per heavy atom. The van der Waals surface area contributed by atoms with E-state index in [1.807, 2.05) is 18.7 Å². The van der Waals surface area contributed by atoms with Crippen LogP contribution in [0.3, 0.4) is 0 Å². The second-order valence-corrected chi connectivity index (χ2v) is 5.31. The van der Waals surface area contributed by atoms with E-state index in [0.29, 0.717) is 12.5 Å². The van der Waals surface area contributed by atoms with E-state index in [1.54, 1.807) is 0 Å². The summed E-state index contributed by atoms with van der Waals surface area (Å²) in [4.78, 5) is 25.0. The second-order valence-electron chi connectivity index (χ2n) is 5.31. The quantitative estimate of drug-likeness (QED) is 0.810. The SMILES string of the molecule is CCC1CC(NC(C)=O)CN(C(=O)C(C)C)C1.